The summed E-state index contributed by atoms with van der Waals surface area (Å²) in [5.74, 6) is 0.928. The molecular weight excluding hydrogens is 298 g/mol. The third-order valence-electron chi connectivity index (χ3n) is 4.40. The predicted molar refractivity (Wildman–Crippen MR) is 98.5 cm³/mol. The smallest absolute Gasteiger partial charge is 0.224 e. The Labute approximate surface area is 145 Å². The molecule has 1 N–H and O–H groups in total. The van der Waals surface area contributed by atoms with Crippen LogP contribution in [-0.4, -0.2) is 13.0 Å². The third-order valence-corrected chi connectivity index (χ3v) is 4.40. The monoisotopic (exact) mass is 325 g/mol. The van der Waals surface area contributed by atoms with E-state index < -0.39 is 0 Å². The topological polar surface area (TPSA) is 38.3 Å². The van der Waals surface area contributed by atoms with Gasteiger partial charge in [-0.1, -0.05) is 44.2 Å². The van der Waals surface area contributed by atoms with Crippen molar-refractivity contribution >= 4 is 5.91 Å². The zero-order valence-corrected chi connectivity index (χ0v) is 15.1. The zero-order valence-electron chi connectivity index (χ0n) is 15.1. The zero-order chi connectivity index (χ0) is 17.5. The van der Waals surface area contributed by atoms with Crippen LogP contribution in [0.25, 0.3) is 0 Å². The van der Waals surface area contributed by atoms with Crippen LogP contribution in [0.1, 0.15) is 41.7 Å². The second-order valence-corrected chi connectivity index (χ2v) is 6.00. The highest BCUT2D eigenvalue weighted by Gasteiger charge is 2.12. The molecule has 0 spiro atoms. The van der Waals surface area contributed by atoms with Gasteiger partial charge in [0.25, 0.3) is 0 Å². The van der Waals surface area contributed by atoms with Crippen molar-refractivity contribution in [3.63, 3.8) is 0 Å². The van der Waals surface area contributed by atoms with Crippen LogP contribution in [0.2, 0.25) is 0 Å². The SMILES string of the molecule is CCc1ccc(OCc2c(CC)cccc2CC(=O)NC)c(C)c1. The number of carbonyl (C=O) groups is 1. The summed E-state index contributed by atoms with van der Waals surface area (Å²) < 4.78 is 6.09. The fourth-order valence-electron chi connectivity index (χ4n) is 2.87. The number of benzene rings is 2. The highest BCUT2D eigenvalue weighted by molar-refractivity contribution is 5.78. The lowest BCUT2D eigenvalue weighted by molar-refractivity contribution is -0.119. The van der Waals surface area contributed by atoms with E-state index in [9.17, 15) is 4.79 Å². The van der Waals surface area contributed by atoms with Gasteiger partial charge in [0.15, 0.2) is 0 Å². The van der Waals surface area contributed by atoms with Crippen LogP contribution in [-0.2, 0) is 30.7 Å². The number of ether oxygens (including phenoxy) is 1. The van der Waals surface area contributed by atoms with Crippen LogP contribution in [0, 0.1) is 6.92 Å². The molecule has 2 rings (SSSR count). The number of aryl methyl sites for hydroxylation is 3. The lowest BCUT2D eigenvalue weighted by atomic mass is 9.97. The van der Waals surface area contributed by atoms with Crippen molar-refractivity contribution < 1.29 is 9.53 Å². The van der Waals surface area contributed by atoms with Gasteiger partial charge in [-0.2, -0.15) is 0 Å². The van der Waals surface area contributed by atoms with Gasteiger partial charge in [0.05, 0.1) is 6.42 Å². The summed E-state index contributed by atoms with van der Waals surface area (Å²) in [7, 11) is 1.67. The van der Waals surface area contributed by atoms with Crippen molar-refractivity contribution in [1.29, 1.82) is 0 Å². The van der Waals surface area contributed by atoms with E-state index in [-0.39, 0.29) is 5.91 Å². The van der Waals surface area contributed by atoms with E-state index >= 15 is 0 Å². The first-order chi connectivity index (χ1) is 11.6. The van der Waals surface area contributed by atoms with E-state index in [4.69, 9.17) is 4.74 Å². The third kappa shape index (κ3) is 4.38. The lowest BCUT2D eigenvalue weighted by Crippen LogP contribution is -2.21. The van der Waals surface area contributed by atoms with Crippen molar-refractivity contribution in [3.05, 3.63) is 64.2 Å². The first kappa shape index (κ1) is 18.1. The van der Waals surface area contributed by atoms with E-state index in [1.54, 1.807) is 7.05 Å². The average Bonchev–Trinajstić information content (AvgIpc) is 2.60. The molecule has 3 heteroatoms. The van der Waals surface area contributed by atoms with E-state index in [0.29, 0.717) is 13.0 Å². The standard InChI is InChI=1S/C21H27NO2/c1-5-16-10-11-20(15(3)12-16)24-14-19-17(6-2)8-7-9-18(19)13-21(23)22-4/h7-12H,5-6,13-14H2,1-4H3,(H,22,23). The lowest BCUT2D eigenvalue weighted by Gasteiger charge is -2.16. The van der Waals surface area contributed by atoms with Gasteiger partial charge in [0.1, 0.15) is 12.4 Å². The maximum atomic E-state index is 11.8. The molecule has 0 aliphatic carbocycles. The number of hydrogen-bond acceptors (Lipinski definition) is 2. The first-order valence-electron chi connectivity index (χ1n) is 8.61. The van der Waals surface area contributed by atoms with Gasteiger partial charge < -0.3 is 10.1 Å². The summed E-state index contributed by atoms with van der Waals surface area (Å²) in [5.41, 5.74) is 5.86. The number of hydrogen-bond donors (Lipinski definition) is 1. The minimum atomic E-state index is 0.0213. The van der Waals surface area contributed by atoms with Crippen LogP contribution < -0.4 is 10.1 Å². The molecule has 0 fully saturated rings. The number of nitrogens with one attached hydrogen (secondary N) is 1. The van der Waals surface area contributed by atoms with Gasteiger partial charge >= 0.3 is 0 Å². The fourth-order valence-corrected chi connectivity index (χ4v) is 2.87. The predicted octanol–water partition coefficient (Wildman–Crippen LogP) is 3.99. The molecule has 2 aromatic carbocycles. The average molecular weight is 325 g/mol. The molecule has 0 unspecified atom stereocenters. The molecule has 0 saturated carbocycles. The minimum Gasteiger partial charge on any atom is -0.489 e. The quantitative estimate of drug-likeness (QED) is 0.836. The van der Waals surface area contributed by atoms with E-state index in [1.165, 1.54) is 11.1 Å². The normalized spacial score (nSPS) is 10.5. The molecular formula is C21H27NO2. The van der Waals surface area contributed by atoms with Crippen LogP contribution in [0.4, 0.5) is 0 Å². The van der Waals surface area contributed by atoms with E-state index in [0.717, 1.165) is 35.3 Å². The summed E-state index contributed by atoms with van der Waals surface area (Å²) in [6, 6.07) is 12.5. The largest absolute Gasteiger partial charge is 0.489 e. The molecule has 0 radical (unpaired) electrons. The Morgan fingerprint density at radius 3 is 2.46 bits per heavy atom. The number of carbonyl (C=O) groups excluding carboxylic acids is 1. The highest BCUT2D eigenvalue weighted by atomic mass is 16.5. The van der Waals surface area contributed by atoms with Crippen LogP contribution in [0.5, 0.6) is 5.75 Å². The van der Waals surface area contributed by atoms with Crippen molar-refractivity contribution in [2.45, 2.75) is 46.6 Å². The van der Waals surface area contributed by atoms with Gasteiger partial charge in [0.2, 0.25) is 5.91 Å². The number of likely N-dealkylation sites (N-methyl/N-ethyl adjacent to an activating group) is 1. The van der Waals surface area contributed by atoms with Crippen LogP contribution in [0.3, 0.4) is 0 Å². The second-order valence-electron chi connectivity index (χ2n) is 6.00. The summed E-state index contributed by atoms with van der Waals surface area (Å²) in [4.78, 5) is 11.8. The van der Waals surface area contributed by atoms with Crippen LogP contribution >= 0.6 is 0 Å². The summed E-state index contributed by atoms with van der Waals surface area (Å²) >= 11 is 0. The Morgan fingerprint density at radius 2 is 1.83 bits per heavy atom. The van der Waals surface area contributed by atoms with Gasteiger partial charge in [-0.25, -0.2) is 0 Å². The van der Waals surface area contributed by atoms with Gasteiger partial charge in [-0.05, 0) is 53.6 Å². The van der Waals surface area contributed by atoms with Crippen LogP contribution in [0.15, 0.2) is 36.4 Å². The molecule has 0 atom stereocenters. The molecule has 0 saturated heterocycles. The molecule has 0 aliphatic rings. The Hall–Kier alpha value is -2.29. The molecule has 1 amide bonds. The number of rotatable bonds is 7. The molecule has 0 aliphatic heterocycles. The maximum Gasteiger partial charge on any atom is 0.224 e. The summed E-state index contributed by atoms with van der Waals surface area (Å²) in [6.07, 6.45) is 2.33. The summed E-state index contributed by atoms with van der Waals surface area (Å²) in [6.45, 7) is 6.84. The van der Waals surface area contributed by atoms with Gasteiger partial charge in [-0.15, -0.1) is 0 Å². The highest BCUT2D eigenvalue weighted by Crippen LogP contribution is 2.23. The van der Waals surface area contributed by atoms with E-state index in [1.807, 2.05) is 18.2 Å². The first-order valence-corrected chi connectivity index (χ1v) is 8.61. The maximum absolute atomic E-state index is 11.8. The molecule has 2 aromatic rings. The molecule has 0 bridgehead atoms. The van der Waals surface area contributed by atoms with Crippen molar-refractivity contribution in [2.75, 3.05) is 7.05 Å². The Kier molecular flexibility index (Phi) is 6.42. The van der Waals surface area contributed by atoms with Crippen molar-refractivity contribution in [2.24, 2.45) is 0 Å². The molecule has 128 valence electrons. The molecule has 0 aromatic heterocycles. The van der Waals surface area contributed by atoms with Crippen molar-refractivity contribution in [3.8, 4) is 5.75 Å². The Balaban J connectivity index is 2.23. The molecule has 0 heterocycles. The van der Waals surface area contributed by atoms with Crippen molar-refractivity contribution in [1.82, 2.24) is 5.32 Å². The Morgan fingerprint density at radius 1 is 1.08 bits per heavy atom. The minimum absolute atomic E-state index is 0.0213. The number of amides is 1. The van der Waals surface area contributed by atoms with Gasteiger partial charge in [0, 0.05) is 7.05 Å². The molecule has 3 nitrogen and oxygen atoms in total. The molecule has 24 heavy (non-hydrogen) atoms. The second kappa shape index (κ2) is 8.53. The Bertz CT molecular complexity index is 707. The fraction of sp³-hybridized carbons (Fsp3) is 0.381. The van der Waals surface area contributed by atoms with Gasteiger partial charge in [-0.3, -0.25) is 4.79 Å². The van der Waals surface area contributed by atoms with E-state index in [2.05, 4.69) is 44.3 Å². The summed E-state index contributed by atoms with van der Waals surface area (Å²) in [5, 5.41) is 2.69.